The van der Waals surface area contributed by atoms with E-state index < -0.39 is 0 Å². The van der Waals surface area contributed by atoms with Gasteiger partial charge in [0.05, 0.1) is 0 Å². The Kier molecular flexibility index (Phi) is 3.67. The third-order valence-electron chi connectivity index (χ3n) is 3.24. The van der Waals surface area contributed by atoms with Crippen molar-refractivity contribution in [2.75, 3.05) is 0 Å². The van der Waals surface area contributed by atoms with Crippen LogP contribution >= 0.6 is 11.6 Å². The molecule has 0 aliphatic heterocycles. The van der Waals surface area contributed by atoms with Crippen molar-refractivity contribution < 1.29 is 9.15 Å². The maximum atomic E-state index is 11.4. The molecule has 0 unspecified atom stereocenters. The lowest BCUT2D eigenvalue weighted by molar-refractivity contribution is 0.306. The molecule has 4 heteroatoms. The summed E-state index contributed by atoms with van der Waals surface area (Å²) in [6, 6.07) is 14.4. The van der Waals surface area contributed by atoms with E-state index in [-0.39, 0.29) is 5.63 Å². The van der Waals surface area contributed by atoms with Gasteiger partial charge in [0.1, 0.15) is 17.9 Å². The molecule has 0 amide bonds. The molecule has 1 heterocycles. The molecule has 0 atom stereocenters. The van der Waals surface area contributed by atoms with E-state index in [9.17, 15) is 4.79 Å². The van der Waals surface area contributed by atoms with E-state index in [2.05, 4.69) is 0 Å². The summed E-state index contributed by atoms with van der Waals surface area (Å²) < 4.78 is 10.9. The third kappa shape index (κ3) is 3.09. The molecule has 0 radical (unpaired) electrons. The molecule has 3 nitrogen and oxygen atoms in total. The number of ether oxygens (including phenoxy) is 1. The van der Waals surface area contributed by atoms with E-state index in [0.717, 1.165) is 16.5 Å². The molecule has 0 N–H and O–H groups in total. The Morgan fingerprint density at radius 3 is 2.62 bits per heavy atom. The Morgan fingerprint density at radius 2 is 1.86 bits per heavy atom. The largest absolute Gasteiger partial charge is 0.489 e. The monoisotopic (exact) mass is 300 g/mol. The van der Waals surface area contributed by atoms with E-state index >= 15 is 0 Å². The third-order valence-corrected chi connectivity index (χ3v) is 3.49. The Bertz CT molecular complexity index is 835. The fourth-order valence-corrected chi connectivity index (χ4v) is 2.27. The Hall–Kier alpha value is -2.26. The summed E-state index contributed by atoms with van der Waals surface area (Å²) in [7, 11) is 0. The molecule has 0 fully saturated rings. The van der Waals surface area contributed by atoms with E-state index in [1.54, 1.807) is 6.07 Å². The molecule has 2 aromatic carbocycles. The van der Waals surface area contributed by atoms with E-state index in [0.29, 0.717) is 23.0 Å². The highest BCUT2D eigenvalue weighted by Gasteiger charge is 2.04. The van der Waals surface area contributed by atoms with Gasteiger partial charge in [-0.3, -0.25) is 0 Å². The zero-order chi connectivity index (χ0) is 14.8. The lowest BCUT2D eigenvalue weighted by Crippen LogP contribution is -1.99. The van der Waals surface area contributed by atoms with Crippen molar-refractivity contribution in [2.45, 2.75) is 13.5 Å². The van der Waals surface area contributed by atoms with Gasteiger partial charge < -0.3 is 9.15 Å². The lowest BCUT2D eigenvalue weighted by atomic mass is 10.1. The smallest absolute Gasteiger partial charge is 0.336 e. The number of hydrogen-bond donors (Lipinski definition) is 0. The maximum Gasteiger partial charge on any atom is 0.336 e. The Morgan fingerprint density at radius 1 is 1.10 bits per heavy atom. The van der Waals surface area contributed by atoms with Gasteiger partial charge in [0.2, 0.25) is 0 Å². The first-order chi connectivity index (χ1) is 10.1. The molecule has 106 valence electrons. The van der Waals surface area contributed by atoms with Gasteiger partial charge in [0.25, 0.3) is 0 Å². The minimum atomic E-state index is -0.352. The van der Waals surface area contributed by atoms with Gasteiger partial charge in [-0.25, -0.2) is 4.79 Å². The number of hydrogen-bond acceptors (Lipinski definition) is 3. The first-order valence-electron chi connectivity index (χ1n) is 6.53. The predicted molar refractivity (Wildman–Crippen MR) is 83.0 cm³/mol. The van der Waals surface area contributed by atoms with Crippen molar-refractivity contribution in [1.82, 2.24) is 0 Å². The van der Waals surface area contributed by atoms with Gasteiger partial charge in [-0.2, -0.15) is 0 Å². The van der Waals surface area contributed by atoms with Crippen molar-refractivity contribution in [1.29, 1.82) is 0 Å². The molecule has 0 aliphatic rings. The molecule has 0 saturated heterocycles. The highest BCUT2D eigenvalue weighted by atomic mass is 35.5. The Balaban J connectivity index is 1.84. The predicted octanol–water partition coefficient (Wildman–Crippen LogP) is 4.33. The summed E-state index contributed by atoms with van der Waals surface area (Å²) in [5.41, 5.74) is 2.10. The second-order valence-corrected chi connectivity index (χ2v) is 5.26. The van der Waals surface area contributed by atoms with Crippen molar-refractivity contribution in [3.8, 4) is 5.75 Å². The van der Waals surface area contributed by atoms with Gasteiger partial charge in [0.15, 0.2) is 0 Å². The first-order valence-corrected chi connectivity index (χ1v) is 6.91. The van der Waals surface area contributed by atoms with Crippen LogP contribution in [0, 0.1) is 6.92 Å². The van der Waals surface area contributed by atoms with Crippen LogP contribution in [-0.4, -0.2) is 0 Å². The Labute approximate surface area is 126 Å². The molecule has 0 aliphatic carbocycles. The van der Waals surface area contributed by atoms with Gasteiger partial charge in [-0.05, 0) is 42.3 Å². The zero-order valence-corrected chi connectivity index (χ0v) is 12.2. The van der Waals surface area contributed by atoms with Crippen LogP contribution in [0.2, 0.25) is 5.02 Å². The quantitative estimate of drug-likeness (QED) is 0.676. The maximum absolute atomic E-state index is 11.4. The zero-order valence-electron chi connectivity index (χ0n) is 11.4. The normalized spacial score (nSPS) is 10.8. The average molecular weight is 301 g/mol. The summed E-state index contributed by atoms with van der Waals surface area (Å²) in [4.78, 5) is 11.4. The van der Waals surface area contributed by atoms with Gasteiger partial charge in [0, 0.05) is 22.5 Å². The van der Waals surface area contributed by atoms with Gasteiger partial charge >= 0.3 is 5.63 Å². The van der Waals surface area contributed by atoms with Gasteiger partial charge in [-0.15, -0.1) is 0 Å². The second kappa shape index (κ2) is 5.62. The van der Waals surface area contributed by atoms with Crippen LogP contribution < -0.4 is 10.4 Å². The van der Waals surface area contributed by atoms with E-state index in [1.807, 2.05) is 43.3 Å². The summed E-state index contributed by atoms with van der Waals surface area (Å²) in [5, 5.41) is 1.61. The van der Waals surface area contributed by atoms with Crippen LogP contribution in [-0.2, 0) is 6.61 Å². The number of halogens is 1. The van der Waals surface area contributed by atoms with Gasteiger partial charge in [-0.1, -0.05) is 23.7 Å². The van der Waals surface area contributed by atoms with Crippen LogP contribution in [0.5, 0.6) is 5.75 Å². The fourth-order valence-electron chi connectivity index (χ4n) is 2.14. The number of fused-ring (bicyclic) bond motifs is 1. The topological polar surface area (TPSA) is 39.4 Å². The number of aryl methyl sites for hydroxylation is 1. The standard InChI is InChI=1S/C17H13ClO3/c1-11-8-17(19)21-16-9-14(6-7-15(11)16)20-10-12-2-4-13(18)5-3-12/h2-9H,10H2,1H3. The van der Waals surface area contributed by atoms with Crippen LogP contribution in [0.4, 0.5) is 0 Å². The SMILES string of the molecule is Cc1cc(=O)oc2cc(OCc3ccc(Cl)cc3)ccc12. The molecule has 21 heavy (non-hydrogen) atoms. The molecule has 0 bridgehead atoms. The molecular weight excluding hydrogens is 288 g/mol. The van der Waals surface area contributed by atoms with Crippen molar-refractivity contribution in [3.63, 3.8) is 0 Å². The second-order valence-electron chi connectivity index (χ2n) is 4.82. The molecule has 3 aromatic rings. The highest BCUT2D eigenvalue weighted by Crippen LogP contribution is 2.23. The van der Waals surface area contributed by atoms with E-state index in [4.69, 9.17) is 20.8 Å². The molecule has 3 rings (SSSR count). The summed E-state index contributed by atoms with van der Waals surface area (Å²) in [6.45, 7) is 2.31. The molecule has 1 aromatic heterocycles. The fraction of sp³-hybridized carbons (Fsp3) is 0.118. The number of benzene rings is 2. The molecule has 0 saturated carbocycles. The molecular formula is C17H13ClO3. The summed E-state index contributed by atoms with van der Waals surface area (Å²) in [5.74, 6) is 0.659. The van der Waals surface area contributed by atoms with Crippen molar-refractivity contribution in [3.05, 3.63) is 75.1 Å². The number of rotatable bonds is 3. The average Bonchev–Trinajstić information content (AvgIpc) is 2.46. The molecule has 0 spiro atoms. The summed E-state index contributed by atoms with van der Waals surface area (Å²) in [6.07, 6.45) is 0. The highest BCUT2D eigenvalue weighted by molar-refractivity contribution is 6.30. The van der Waals surface area contributed by atoms with Crippen LogP contribution in [0.25, 0.3) is 11.0 Å². The van der Waals surface area contributed by atoms with Crippen LogP contribution in [0.1, 0.15) is 11.1 Å². The summed E-state index contributed by atoms with van der Waals surface area (Å²) >= 11 is 5.84. The van der Waals surface area contributed by atoms with Crippen molar-refractivity contribution in [2.24, 2.45) is 0 Å². The van der Waals surface area contributed by atoms with Crippen LogP contribution in [0.15, 0.2) is 57.7 Å². The van der Waals surface area contributed by atoms with Crippen molar-refractivity contribution >= 4 is 22.6 Å². The first kappa shape index (κ1) is 13.7. The minimum absolute atomic E-state index is 0.352. The lowest BCUT2D eigenvalue weighted by Gasteiger charge is -2.08. The minimum Gasteiger partial charge on any atom is -0.489 e. The van der Waals surface area contributed by atoms with Crippen LogP contribution in [0.3, 0.4) is 0 Å². The van der Waals surface area contributed by atoms with E-state index in [1.165, 1.54) is 6.07 Å².